The van der Waals surface area contributed by atoms with Crippen LogP contribution in [0.1, 0.15) is 6.92 Å². The number of anilines is 1. The molecular weight excluding hydrogens is 236 g/mol. The summed E-state index contributed by atoms with van der Waals surface area (Å²) in [5.41, 5.74) is 0.652. The number of benzene rings is 1. The van der Waals surface area contributed by atoms with Crippen molar-refractivity contribution in [1.29, 1.82) is 0 Å². The number of carbonyl (C=O) groups is 2. The molecule has 3 amide bonds. The van der Waals surface area contributed by atoms with Crippen LogP contribution in [0, 0.1) is 0 Å². The molecule has 0 aromatic heterocycles. The van der Waals surface area contributed by atoms with E-state index < -0.39 is 4.87 Å². The SMILES string of the molecule is CC12SCCN1C(=O)N(c1ccccc1)C2=O. The standard InChI is InChI=1S/C12H12N2O2S/c1-12-10(15)14(9-5-3-2-4-6-9)11(16)13(12)7-8-17-12/h2-6H,7-8H2,1H3. The Morgan fingerprint density at radius 2 is 1.94 bits per heavy atom. The van der Waals surface area contributed by atoms with Crippen LogP contribution in [0.15, 0.2) is 30.3 Å². The molecule has 0 saturated carbocycles. The molecule has 88 valence electrons. The average molecular weight is 248 g/mol. The predicted molar refractivity (Wildman–Crippen MR) is 66.9 cm³/mol. The summed E-state index contributed by atoms with van der Waals surface area (Å²) in [5.74, 6) is 0.701. The summed E-state index contributed by atoms with van der Waals surface area (Å²) >= 11 is 1.54. The van der Waals surface area contributed by atoms with Gasteiger partial charge in [0.2, 0.25) is 0 Å². The number of carbonyl (C=O) groups excluding carboxylic acids is 2. The van der Waals surface area contributed by atoms with Crippen molar-refractivity contribution < 1.29 is 9.59 Å². The maximum absolute atomic E-state index is 12.4. The number of nitrogens with zero attached hydrogens (tertiary/aromatic N) is 2. The summed E-state index contributed by atoms with van der Waals surface area (Å²) in [4.78, 5) is 26.8. The molecule has 4 nitrogen and oxygen atoms in total. The minimum Gasteiger partial charge on any atom is -0.300 e. The molecule has 0 N–H and O–H groups in total. The fourth-order valence-electron chi connectivity index (χ4n) is 2.30. The lowest BCUT2D eigenvalue weighted by molar-refractivity contribution is -0.120. The summed E-state index contributed by atoms with van der Waals surface area (Å²) in [6, 6.07) is 8.89. The van der Waals surface area contributed by atoms with Gasteiger partial charge < -0.3 is 0 Å². The van der Waals surface area contributed by atoms with Crippen LogP contribution in [0.2, 0.25) is 0 Å². The molecule has 3 rings (SSSR count). The van der Waals surface area contributed by atoms with Crippen molar-refractivity contribution in [2.45, 2.75) is 11.8 Å². The van der Waals surface area contributed by atoms with Gasteiger partial charge in [0, 0.05) is 12.3 Å². The quantitative estimate of drug-likeness (QED) is 0.713. The molecule has 2 saturated heterocycles. The van der Waals surface area contributed by atoms with Gasteiger partial charge in [0.15, 0.2) is 4.87 Å². The Morgan fingerprint density at radius 1 is 1.24 bits per heavy atom. The van der Waals surface area contributed by atoms with Gasteiger partial charge >= 0.3 is 6.03 Å². The molecule has 0 bridgehead atoms. The largest absolute Gasteiger partial charge is 0.333 e. The highest BCUT2D eigenvalue weighted by Crippen LogP contribution is 2.43. The van der Waals surface area contributed by atoms with E-state index in [1.807, 2.05) is 25.1 Å². The van der Waals surface area contributed by atoms with Crippen LogP contribution in [0.25, 0.3) is 0 Å². The van der Waals surface area contributed by atoms with Crippen molar-refractivity contribution in [3.63, 3.8) is 0 Å². The summed E-state index contributed by atoms with van der Waals surface area (Å²) in [5, 5.41) is 0. The smallest absolute Gasteiger partial charge is 0.300 e. The van der Waals surface area contributed by atoms with Gasteiger partial charge in [-0.3, -0.25) is 9.69 Å². The normalized spacial score (nSPS) is 27.8. The molecule has 0 aliphatic carbocycles. The molecule has 1 unspecified atom stereocenters. The van der Waals surface area contributed by atoms with Crippen LogP contribution in [-0.4, -0.2) is 34.0 Å². The molecule has 5 heteroatoms. The lowest BCUT2D eigenvalue weighted by atomic mass is 10.2. The van der Waals surface area contributed by atoms with Crippen molar-refractivity contribution >= 4 is 29.4 Å². The topological polar surface area (TPSA) is 40.6 Å². The van der Waals surface area contributed by atoms with E-state index in [1.165, 1.54) is 16.7 Å². The van der Waals surface area contributed by atoms with E-state index in [9.17, 15) is 9.59 Å². The third-order valence-corrected chi connectivity index (χ3v) is 4.59. The van der Waals surface area contributed by atoms with Gasteiger partial charge in [0.25, 0.3) is 5.91 Å². The number of urea groups is 1. The van der Waals surface area contributed by atoms with Gasteiger partial charge in [-0.25, -0.2) is 9.69 Å². The molecule has 2 aliphatic heterocycles. The first-order valence-corrected chi connectivity index (χ1v) is 6.48. The van der Waals surface area contributed by atoms with E-state index in [0.29, 0.717) is 12.2 Å². The summed E-state index contributed by atoms with van der Waals surface area (Å²) in [6.07, 6.45) is 0. The number of fused-ring (bicyclic) bond motifs is 1. The third kappa shape index (κ3) is 1.32. The number of para-hydroxylation sites is 1. The molecule has 1 aromatic carbocycles. The molecule has 2 fully saturated rings. The minimum absolute atomic E-state index is 0.129. The highest BCUT2D eigenvalue weighted by Gasteiger charge is 2.57. The Hall–Kier alpha value is -1.49. The van der Waals surface area contributed by atoms with Crippen LogP contribution in [0.5, 0.6) is 0 Å². The van der Waals surface area contributed by atoms with Crippen molar-refractivity contribution in [1.82, 2.24) is 4.90 Å². The Bertz CT molecular complexity index is 491. The number of amides is 3. The van der Waals surface area contributed by atoms with E-state index in [0.717, 1.165) is 5.75 Å². The fourth-order valence-corrected chi connectivity index (χ4v) is 3.51. The fraction of sp³-hybridized carbons (Fsp3) is 0.333. The zero-order valence-corrected chi connectivity index (χ0v) is 10.2. The third-order valence-electron chi connectivity index (χ3n) is 3.25. The molecule has 2 heterocycles. The van der Waals surface area contributed by atoms with Gasteiger partial charge in [-0.2, -0.15) is 0 Å². The average Bonchev–Trinajstić information content (AvgIpc) is 2.80. The first-order chi connectivity index (χ1) is 8.14. The molecule has 2 aliphatic rings. The monoisotopic (exact) mass is 248 g/mol. The molecular formula is C12H12N2O2S. The van der Waals surface area contributed by atoms with Crippen LogP contribution in [0.3, 0.4) is 0 Å². The Morgan fingerprint density at radius 3 is 2.59 bits per heavy atom. The molecule has 0 spiro atoms. The van der Waals surface area contributed by atoms with Gasteiger partial charge in [0.05, 0.1) is 5.69 Å². The zero-order valence-electron chi connectivity index (χ0n) is 9.42. The van der Waals surface area contributed by atoms with Crippen LogP contribution >= 0.6 is 11.8 Å². The highest BCUT2D eigenvalue weighted by atomic mass is 32.2. The van der Waals surface area contributed by atoms with Gasteiger partial charge in [-0.1, -0.05) is 18.2 Å². The van der Waals surface area contributed by atoms with Crippen LogP contribution in [-0.2, 0) is 4.79 Å². The van der Waals surface area contributed by atoms with E-state index >= 15 is 0 Å². The van der Waals surface area contributed by atoms with E-state index in [1.54, 1.807) is 17.0 Å². The van der Waals surface area contributed by atoms with E-state index in [2.05, 4.69) is 0 Å². The van der Waals surface area contributed by atoms with Crippen molar-refractivity contribution in [2.24, 2.45) is 0 Å². The van der Waals surface area contributed by atoms with Crippen LogP contribution < -0.4 is 4.90 Å². The molecule has 17 heavy (non-hydrogen) atoms. The van der Waals surface area contributed by atoms with Crippen LogP contribution in [0.4, 0.5) is 10.5 Å². The van der Waals surface area contributed by atoms with E-state index in [-0.39, 0.29) is 11.9 Å². The summed E-state index contributed by atoms with van der Waals surface area (Å²) in [6.45, 7) is 2.48. The number of imide groups is 1. The minimum atomic E-state index is -0.701. The zero-order chi connectivity index (χ0) is 12.0. The van der Waals surface area contributed by atoms with Gasteiger partial charge in [0.1, 0.15) is 0 Å². The Labute approximate surface area is 104 Å². The summed E-state index contributed by atoms with van der Waals surface area (Å²) in [7, 11) is 0. The second kappa shape index (κ2) is 3.50. The van der Waals surface area contributed by atoms with E-state index in [4.69, 9.17) is 0 Å². The van der Waals surface area contributed by atoms with Crippen molar-refractivity contribution in [3.8, 4) is 0 Å². The second-order valence-electron chi connectivity index (χ2n) is 4.24. The summed E-state index contributed by atoms with van der Waals surface area (Å²) < 4.78 is 0. The predicted octanol–water partition coefficient (Wildman–Crippen LogP) is 1.92. The molecule has 0 radical (unpaired) electrons. The number of hydrogen-bond donors (Lipinski definition) is 0. The Kier molecular flexibility index (Phi) is 2.19. The maximum atomic E-state index is 12.4. The number of thioether (sulfide) groups is 1. The molecule has 1 aromatic rings. The first kappa shape index (κ1) is 10.7. The number of rotatable bonds is 1. The Balaban J connectivity index is 2.04. The maximum Gasteiger partial charge on any atom is 0.333 e. The second-order valence-corrected chi connectivity index (χ2v) is 5.73. The van der Waals surface area contributed by atoms with Gasteiger partial charge in [-0.05, 0) is 19.1 Å². The highest BCUT2D eigenvalue weighted by molar-refractivity contribution is 8.01. The lowest BCUT2D eigenvalue weighted by Crippen LogP contribution is -2.39. The molecule has 1 atom stereocenters. The van der Waals surface area contributed by atoms with Gasteiger partial charge in [-0.15, -0.1) is 11.8 Å². The number of hydrogen-bond acceptors (Lipinski definition) is 3. The first-order valence-electron chi connectivity index (χ1n) is 5.50. The lowest BCUT2D eigenvalue weighted by Gasteiger charge is -2.20. The van der Waals surface area contributed by atoms with Crippen molar-refractivity contribution in [2.75, 3.05) is 17.2 Å². The van der Waals surface area contributed by atoms with Crippen molar-refractivity contribution in [3.05, 3.63) is 30.3 Å².